The maximum Gasteiger partial charge on any atom is 0.251 e. The molecule has 0 aliphatic carbocycles. The fourth-order valence-electron chi connectivity index (χ4n) is 3.82. The van der Waals surface area contributed by atoms with Gasteiger partial charge >= 0.3 is 0 Å². The lowest BCUT2D eigenvalue weighted by Crippen LogP contribution is -2.38. The maximum absolute atomic E-state index is 12.5. The molecule has 28 heavy (non-hydrogen) atoms. The molecule has 1 aromatic heterocycles. The minimum Gasteiger partial charge on any atom is -0.379 e. The third-order valence-corrected chi connectivity index (χ3v) is 6.81. The normalized spacial score (nSPS) is 19.2. The molecule has 0 bridgehead atoms. The number of nitrogens with one attached hydrogen (secondary N) is 1. The second kappa shape index (κ2) is 9.20. The molecule has 1 N–H and O–H groups in total. The predicted molar refractivity (Wildman–Crippen MR) is 114 cm³/mol. The van der Waals surface area contributed by atoms with Crippen molar-refractivity contribution >= 4 is 32.6 Å². The molecule has 1 amide bonds. The Bertz CT molecular complexity index is 795. The summed E-state index contributed by atoms with van der Waals surface area (Å²) >= 11 is 1.70. The maximum atomic E-state index is 12.5. The van der Waals surface area contributed by atoms with Gasteiger partial charge in [0.25, 0.3) is 5.91 Å². The summed E-state index contributed by atoms with van der Waals surface area (Å²) in [4.78, 5) is 22.1. The lowest BCUT2D eigenvalue weighted by atomic mass is 10.00. The Morgan fingerprint density at radius 2 is 2.04 bits per heavy atom. The third-order valence-electron chi connectivity index (χ3n) is 5.73. The molecule has 0 spiro atoms. The van der Waals surface area contributed by atoms with E-state index in [9.17, 15) is 4.79 Å². The van der Waals surface area contributed by atoms with Gasteiger partial charge in [0.2, 0.25) is 0 Å². The highest BCUT2D eigenvalue weighted by atomic mass is 32.1. The summed E-state index contributed by atoms with van der Waals surface area (Å²) in [7, 11) is 0. The third kappa shape index (κ3) is 4.82. The van der Waals surface area contributed by atoms with E-state index in [2.05, 4.69) is 22.0 Å². The Morgan fingerprint density at radius 1 is 1.25 bits per heavy atom. The van der Waals surface area contributed by atoms with E-state index in [1.54, 1.807) is 11.3 Å². The van der Waals surface area contributed by atoms with Gasteiger partial charge in [-0.2, -0.15) is 0 Å². The van der Waals surface area contributed by atoms with Crippen LogP contribution in [0.1, 0.15) is 36.5 Å². The van der Waals surface area contributed by atoms with E-state index < -0.39 is 0 Å². The number of fused-ring (bicyclic) bond motifs is 1. The zero-order valence-electron chi connectivity index (χ0n) is 16.7. The Kier molecular flexibility index (Phi) is 6.44. The van der Waals surface area contributed by atoms with Gasteiger partial charge in [0.1, 0.15) is 0 Å². The van der Waals surface area contributed by atoms with E-state index in [4.69, 9.17) is 9.72 Å². The van der Waals surface area contributed by atoms with Crippen molar-refractivity contribution in [3.05, 3.63) is 23.8 Å². The summed E-state index contributed by atoms with van der Waals surface area (Å²) in [5.41, 5.74) is 1.71. The predicted octanol–water partition coefficient (Wildman–Crippen LogP) is 2.98. The zero-order chi connectivity index (χ0) is 19.3. The van der Waals surface area contributed by atoms with Gasteiger partial charge in [0.05, 0.1) is 23.4 Å². The second-order valence-electron chi connectivity index (χ2n) is 7.91. The Morgan fingerprint density at radius 3 is 2.82 bits per heavy atom. The van der Waals surface area contributed by atoms with Gasteiger partial charge in [-0.1, -0.05) is 18.3 Å². The van der Waals surface area contributed by atoms with Crippen LogP contribution >= 0.6 is 11.3 Å². The van der Waals surface area contributed by atoms with Crippen molar-refractivity contribution in [3.63, 3.8) is 0 Å². The summed E-state index contributed by atoms with van der Waals surface area (Å²) in [6, 6.07) is 5.85. The number of aromatic nitrogens is 1. The van der Waals surface area contributed by atoms with Crippen molar-refractivity contribution in [2.75, 3.05) is 57.4 Å². The number of ether oxygens (including phenoxy) is 1. The van der Waals surface area contributed by atoms with Gasteiger partial charge in [0.15, 0.2) is 5.13 Å². The number of amides is 1. The fraction of sp³-hybridized carbons (Fsp3) is 0.619. The molecule has 0 radical (unpaired) electrons. The molecular formula is C21H30N4O2S. The SMILES string of the molecule is CC1CCN(c2nc3ccc(C(=O)NCCCN4CCOCC4)cc3s2)CC1. The number of piperidine rings is 1. The number of rotatable bonds is 6. The summed E-state index contributed by atoms with van der Waals surface area (Å²) in [6.45, 7) is 9.82. The van der Waals surface area contributed by atoms with E-state index in [1.807, 2.05) is 18.2 Å². The number of hydrogen-bond acceptors (Lipinski definition) is 6. The van der Waals surface area contributed by atoms with E-state index in [0.29, 0.717) is 6.54 Å². The van der Waals surface area contributed by atoms with Gasteiger partial charge in [-0.05, 0) is 49.9 Å². The molecule has 2 aliphatic heterocycles. The molecule has 7 heteroatoms. The molecular weight excluding hydrogens is 372 g/mol. The molecule has 0 saturated carbocycles. The van der Waals surface area contributed by atoms with Crippen LogP contribution in [0.3, 0.4) is 0 Å². The van der Waals surface area contributed by atoms with Crippen LogP contribution in [-0.2, 0) is 4.74 Å². The monoisotopic (exact) mass is 402 g/mol. The Hall–Kier alpha value is -1.70. The highest BCUT2D eigenvalue weighted by molar-refractivity contribution is 7.22. The van der Waals surface area contributed by atoms with E-state index in [-0.39, 0.29) is 5.91 Å². The van der Waals surface area contributed by atoms with Crippen molar-refractivity contribution in [3.8, 4) is 0 Å². The van der Waals surface area contributed by atoms with Crippen LogP contribution in [-0.4, -0.2) is 68.3 Å². The van der Waals surface area contributed by atoms with E-state index >= 15 is 0 Å². The van der Waals surface area contributed by atoms with Crippen molar-refractivity contribution in [2.24, 2.45) is 5.92 Å². The first-order chi connectivity index (χ1) is 13.7. The zero-order valence-corrected chi connectivity index (χ0v) is 17.5. The minimum atomic E-state index is 0.00521. The molecule has 2 fully saturated rings. The number of hydrogen-bond donors (Lipinski definition) is 1. The molecule has 2 aliphatic rings. The molecule has 0 atom stereocenters. The van der Waals surface area contributed by atoms with E-state index in [0.717, 1.165) is 79.2 Å². The van der Waals surface area contributed by atoms with Gasteiger partial charge in [-0.15, -0.1) is 0 Å². The summed E-state index contributed by atoms with van der Waals surface area (Å²) < 4.78 is 6.46. The number of carbonyl (C=O) groups excluding carboxylic acids is 1. The molecule has 2 saturated heterocycles. The molecule has 0 unspecified atom stereocenters. The van der Waals surface area contributed by atoms with Crippen molar-refractivity contribution < 1.29 is 9.53 Å². The number of nitrogens with zero attached hydrogens (tertiary/aromatic N) is 3. The first-order valence-corrected chi connectivity index (χ1v) is 11.2. The van der Waals surface area contributed by atoms with Gasteiger partial charge in [-0.25, -0.2) is 4.98 Å². The number of benzene rings is 1. The summed E-state index contributed by atoms with van der Waals surface area (Å²) in [5.74, 6) is 0.815. The van der Waals surface area contributed by atoms with Crippen molar-refractivity contribution in [1.29, 1.82) is 0 Å². The average Bonchev–Trinajstić information content (AvgIpc) is 3.15. The van der Waals surface area contributed by atoms with Crippen molar-refractivity contribution in [1.82, 2.24) is 15.2 Å². The van der Waals surface area contributed by atoms with Crippen LogP contribution in [0.2, 0.25) is 0 Å². The first kappa shape index (κ1) is 19.6. The molecule has 1 aromatic carbocycles. The van der Waals surface area contributed by atoms with Crippen LogP contribution < -0.4 is 10.2 Å². The van der Waals surface area contributed by atoms with Crippen LogP contribution in [0.25, 0.3) is 10.2 Å². The van der Waals surface area contributed by atoms with Gasteiger partial charge in [-0.3, -0.25) is 9.69 Å². The highest BCUT2D eigenvalue weighted by Gasteiger charge is 2.19. The van der Waals surface area contributed by atoms with Crippen LogP contribution in [0, 0.1) is 5.92 Å². The second-order valence-corrected chi connectivity index (χ2v) is 8.92. The fourth-order valence-corrected chi connectivity index (χ4v) is 4.88. The Labute approximate surface area is 170 Å². The van der Waals surface area contributed by atoms with Crippen LogP contribution in [0.5, 0.6) is 0 Å². The molecule has 4 rings (SSSR count). The first-order valence-electron chi connectivity index (χ1n) is 10.4. The van der Waals surface area contributed by atoms with Crippen LogP contribution in [0.15, 0.2) is 18.2 Å². The Balaban J connectivity index is 1.31. The molecule has 3 heterocycles. The van der Waals surface area contributed by atoms with Gasteiger partial charge in [0, 0.05) is 38.3 Å². The van der Waals surface area contributed by atoms with Crippen molar-refractivity contribution in [2.45, 2.75) is 26.2 Å². The summed E-state index contributed by atoms with van der Waals surface area (Å²) in [5, 5.41) is 4.14. The quantitative estimate of drug-likeness (QED) is 0.753. The van der Waals surface area contributed by atoms with E-state index in [1.165, 1.54) is 12.8 Å². The molecule has 152 valence electrons. The lowest BCUT2D eigenvalue weighted by molar-refractivity contribution is 0.0374. The lowest BCUT2D eigenvalue weighted by Gasteiger charge is -2.29. The minimum absolute atomic E-state index is 0.00521. The molecule has 6 nitrogen and oxygen atoms in total. The number of thiazole rings is 1. The topological polar surface area (TPSA) is 57.7 Å². The molecule has 2 aromatic rings. The summed E-state index contributed by atoms with van der Waals surface area (Å²) in [6.07, 6.45) is 3.42. The highest BCUT2D eigenvalue weighted by Crippen LogP contribution is 2.32. The number of carbonyl (C=O) groups is 1. The standard InChI is InChI=1S/C21H30N4O2S/c1-16-5-9-25(10-6-16)21-23-18-4-3-17(15-19(18)28-21)20(26)22-7-2-8-24-11-13-27-14-12-24/h3-4,15-16H,2,5-14H2,1H3,(H,22,26). The largest absolute Gasteiger partial charge is 0.379 e. The average molecular weight is 403 g/mol. The smallest absolute Gasteiger partial charge is 0.251 e. The van der Waals surface area contributed by atoms with Crippen LogP contribution in [0.4, 0.5) is 5.13 Å². The number of morpholine rings is 1. The van der Waals surface area contributed by atoms with Gasteiger partial charge < -0.3 is 15.0 Å². The number of anilines is 1.